The van der Waals surface area contributed by atoms with E-state index in [1.54, 1.807) is 0 Å². The van der Waals surface area contributed by atoms with E-state index in [0.717, 1.165) is 25.7 Å². The van der Waals surface area contributed by atoms with Crippen LogP contribution in [0.3, 0.4) is 0 Å². The van der Waals surface area contributed by atoms with Gasteiger partial charge < -0.3 is 9.64 Å². The molecule has 2 unspecified atom stereocenters. The molecule has 104 valence electrons. The molecule has 2 heterocycles. The van der Waals surface area contributed by atoms with Crippen molar-refractivity contribution in [2.75, 3.05) is 13.3 Å². The highest BCUT2D eigenvalue weighted by atomic mass is 19.1. The lowest BCUT2D eigenvalue weighted by atomic mass is 9.73. The van der Waals surface area contributed by atoms with Crippen LogP contribution in [0.2, 0.25) is 0 Å². The molecular weight excluding hydrogens is 233 g/mol. The highest BCUT2D eigenvalue weighted by Gasteiger charge is 2.46. The maximum absolute atomic E-state index is 12.1. The lowest BCUT2D eigenvalue weighted by molar-refractivity contribution is 0.0334. The number of carbonyl (C=O) groups is 1. The van der Waals surface area contributed by atoms with Gasteiger partial charge in [0.2, 0.25) is 0 Å². The monoisotopic (exact) mass is 257 g/mol. The van der Waals surface area contributed by atoms with Gasteiger partial charge in [-0.25, -0.2) is 9.18 Å². The summed E-state index contributed by atoms with van der Waals surface area (Å²) in [6, 6.07) is 0.611. The van der Waals surface area contributed by atoms with Gasteiger partial charge in [0.15, 0.2) is 0 Å². The number of halogens is 1. The molecule has 0 aliphatic carbocycles. The zero-order valence-corrected chi connectivity index (χ0v) is 11.6. The Morgan fingerprint density at radius 1 is 1.28 bits per heavy atom. The van der Waals surface area contributed by atoms with Crippen LogP contribution in [0.4, 0.5) is 9.18 Å². The molecule has 0 saturated carbocycles. The normalized spacial score (nSPS) is 31.6. The van der Waals surface area contributed by atoms with Gasteiger partial charge in [-0.05, 0) is 37.0 Å². The molecule has 2 saturated heterocycles. The zero-order valence-electron chi connectivity index (χ0n) is 11.6. The van der Waals surface area contributed by atoms with E-state index in [2.05, 4.69) is 20.8 Å². The molecule has 2 aliphatic rings. The standard InChI is InChI=1S/C14H24FNO2/c1-14(2,3)10-8-11-4-5-12(9-10)16(11)13(17)18-7-6-15/h10-12H,4-9H2,1-3H3. The highest BCUT2D eigenvalue weighted by molar-refractivity contribution is 5.69. The fourth-order valence-corrected chi connectivity index (χ4v) is 3.38. The van der Waals surface area contributed by atoms with E-state index in [1.165, 1.54) is 0 Å². The maximum Gasteiger partial charge on any atom is 0.410 e. The molecule has 2 bridgehead atoms. The first kappa shape index (κ1) is 13.6. The second kappa shape index (κ2) is 5.06. The number of amides is 1. The SMILES string of the molecule is CC(C)(C)C1CC2CCC(C1)N2C(=O)OCCF. The summed E-state index contributed by atoms with van der Waals surface area (Å²) in [5, 5.41) is 0. The van der Waals surface area contributed by atoms with Crippen molar-refractivity contribution in [2.45, 2.75) is 58.5 Å². The van der Waals surface area contributed by atoms with Gasteiger partial charge in [-0.15, -0.1) is 0 Å². The minimum Gasteiger partial charge on any atom is -0.447 e. The molecule has 3 nitrogen and oxygen atoms in total. The predicted octanol–water partition coefficient (Wildman–Crippen LogP) is 3.38. The first-order chi connectivity index (χ1) is 8.43. The van der Waals surface area contributed by atoms with Gasteiger partial charge in [0.25, 0.3) is 0 Å². The summed E-state index contributed by atoms with van der Waals surface area (Å²) in [5.74, 6) is 0.667. The van der Waals surface area contributed by atoms with Gasteiger partial charge in [-0.2, -0.15) is 0 Å². The first-order valence-corrected chi connectivity index (χ1v) is 6.94. The van der Waals surface area contributed by atoms with Crippen molar-refractivity contribution < 1.29 is 13.9 Å². The van der Waals surface area contributed by atoms with Gasteiger partial charge >= 0.3 is 6.09 Å². The van der Waals surface area contributed by atoms with E-state index in [4.69, 9.17) is 4.74 Å². The molecule has 2 rings (SSSR count). The molecule has 0 aromatic carbocycles. The molecule has 4 heteroatoms. The molecule has 0 aromatic heterocycles. The van der Waals surface area contributed by atoms with Gasteiger partial charge in [0, 0.05) is 12.1 Å². The second-order valence-electron chi connectivity index (χ2n) is 6.63. The van der Waals surface area contributed by atoms with Crippen molar-refractivity contribution in [3.63, 3.8) is 0 Å². The molecular formula is C14H24FNO2. The number of fused-ring (bicyclic) bond motifs is 2. The molecule has 18 heavy (non-hydrogen) atoms. The van der Waals surface area contributed by atoms with Crippen LogP contribution in [0.25, 0.3) is 0 Å². The summed E-state index contributed by atoms with van der Waals surface area (Å²) in [5.41, 5.74) is 0.301. The third-order valence-corrected chi connectivity index (χ3v) is 4.47. The molecule has 0 N–H and O–H groups in total. The summed E-state index contributed by atoms with van der Waals surface area (Å²) < 4.78 is 17.0. The van der Waals surface area contributed by atoms with Crippen molar-refractivity contribution in [3.05, 3.63) is 0 Å². The van der Waals surface area contributed by atoms with Crippen molar-refractivity contribution in [3.8, 4) is 0 Å². The smallest absolute Gasteiger partial charge is 0.410 e. The van der Waals surface area contributed by atoms with Crippen molar-refractivity contribution in [1.82, 2.24) is 4.90 Å². The number of nitrogens with zero attached hydrogens (tertiary/aromatic N) is 1. The summed E-state index contributed by atoms with van der Waals surface area (Å²) in [6.07, 6.45) is 3.95. The summed E-state index contributed by atoms with van der Waals surface area (Å²) in [7, 11) is 0. The Labute approximate surface area is 109 Å². The molecule has 0 radical (unpaired) electrons. The van der Waals surface area contributed by atoms with E-state index in [1.807, 2.05) is 4.90 Å². The number of carbonyl (C=O) groups excluding carboxylic acids is 1. The lowest BCUT2D eigenvalue weighted by Crippen LogP contribution is -2.49. The first-order valence-electron chi connectivity index (χ1n) is 6.94. The Balaban J connectivity index is 2.00. The highest BCUT2D eigenvalue weighted by Crippen LogP contribution is 2.45. The fraction of sp³-hybridized carbons (Fsp3) is 0.929. The average molecular weight is 257 g/mol. The van der Waals surface area contributed by atoms with E-state index in [9.17, 15) is 9.18 Å². The molecule has 1 amide bonds. The minimum absolute atomic E-state index is 0.114. The number of hydrogen-bond donors (Lipinski definition) is 0. The third-order valence-electron chi connectivity index (χ3n) is 4.47. The fourth-order valence-electron chi connectivity index (χ4n) is 3.38. The quantitative estimate of drug-likeness (QED) is 0.759. The molecule has 2 atom stereocenters. The Bertz CT molecular complexity index is 299. The predicted molar refractivity (Wildman–Crippen MR) is 68.2 cm³/mol. The lowest BCUT2D eigenvalue weighted by Gasteiger charge is -2.43. The Morgan fingerprint density at radius 2 is 1.83 bits per heavy atom. The van der Waals surface area contributed by atoms with E-state index in [0.29, 0.717) is 23.4 Å². The van der Waals surface area contributed by atoms with Crippen LogP contribution in [-0.2, 0) is 4.74 Å². The summed E-state index contributed by atoms with van der Waals surface area (Å²) >= 11 is 0. The van der Waals surface area contributed by atoms with E-state index >= 15 is 0 Å². The largest absolute Gasteiger partial charge is 0.447 e. The van der Waals surface area contributed by atoms with Crippen LogP contribution in [0.15, 0.2) is 0 Å². The number of alkyl halides is 1. The van der Waals surface area contributed by atoms with E-state index < -0.39 is 6.67 Å². The summed E-state index contributed by atoms with van der Waals surface area (Å²) in [4.78, 5) is 13.8. The van der Waals surface area contributed by atoms with Crippen LogP contribution < -0.4 is 0 Å². The van der Waals surface area contributed by atoms with Crippen LogP contribution in [0.1, 0.15) is 46.5 Å². The van der Waals surface area contributed by atoms with Gasteiger partial charge in [-0.1, -0.05) is 20.8 Å². The van der Waals surface area contributed by atoms with Crippen LogP contribution in [-0.4, -0.2) is 36.4 Å². The van der Waals surface area contributed by atoms with Gasteiger partial charge in [0.05, 0.1) is 0 Å². The van der Waals surface area contributed by atoms with E-state index in [-0.39, 0.29) is 12.7 Å². The van der Waals surface area contributed by atoms with Crippen molar-refractivity contribution in [2.24, 2.45) is 11.3 Å². The van der Waals surface area contributed by atoms with Crippen LogP contribution >= 0.6 is 0 Å². The Morgan fingerprint density at radius 3 is 2.28 bits per heavy atom. The minimum atomic E-state index is -0.598. The van der Waals surface area contributed by atoms with Crippen molar-refractivity contribution >= 4 is 6.09 Å². The van der Waals surface area contributed by atoms with Gasteiger partial charge in [0.1, 0.15) is 13.3 Å². The number of ether oxygens (including phenoxy) is 1. The van der Waals surface area contributed by atoms with Crippen LogP contribution in [0.5, 0.6) is 0 Å². The Kier molecular flexibility index (Phi) is 3.83. The molecule has 0 aromatic rings. The van der Waals surface area contributed by atoms with Gasteiger partial charge in [-0.3, -0.25) is 0 Å². The average Bonchev–Trinajstić information content (AvgIpc) is 2.55. The number of piperidine rings is 1. The molecule has 2 aliphatic heterocycles. The van der Waals surface area contributed by atoms with Crippen LogP contribution in [0, 0.1) is 11.3 Å². The number of hydrogen-bond acceptors (Lipinski definition) is 2. The topological polar surface area (TPSA) is 29.5 Å². The molecule has 2 fully saturated rings. The molecule has 0 spiro atoms. The Hall–Kier alpha value is -0.800. The van der Waals surface area contributed by atoms with Crippen molar-refractivity contribution in [1.29, 1.82) is 0 Å². The zero-order chi connectivity index (χ0) is 13.3. The number of rotatable bonds is 2. The third kappa shape index (κ3) is 2.62. The maximum atomic E-state index is 12.1. The summed E-state index contributed by atoms with van der Waals surface area (Å²) in [6.45, 7) is 6.10. The second-order valence-corrected chi connectivity index (χ2v) is 6.63.